The first-order chi connectivity index (χ1) is 9.70. The van der Waals surface area contributed by atoms with Crippen LogP contribution in [0.4, 0.5) is 9.52 Å². The molecule has 102 valence electrons. The summed E-state index contributed by atoms with van der Waals surface area (Å²) in [7, 11) is 0. The van der Waals surface area contributed by atoms with Gasteiger partial charge in [0.2, 0.25) is 5.91 Å². The van der Waals surface area contributed by atoms with Gasteiger partial charge in [0.05, 0.1) is 5.69 Å². The molecular weight excluding hydrogens is 275 g/mol. The fourth-order valence-electron chi connectivity index (χ4n) is 1.80. The van der Waals surface area contributed by atoms with Crippen LogP contribution in [0.15, 0.2) is 35.7 Å². The summed E-state index contributed by atoms with van der Waals surface area (Å²) in [6, 6.07) is 5.96. The summed E-state index contributed by atoms with van der Waals surface area (Å²) in [6.07, 6.45) is 5.46. The Balaban J connectivity index is 1.59. The van der Waals surface area contributed by atoms with Crippen LogP contribution in [-0.4, -0.2) is 10.9 Å². The van der Waals surface area contributed by atoms with Crippen molar-refractivity contribution < 1.29 is 9.18 Å². The lowest BCUT2D eigenvalue weighted by atomic mass is 10.2. The Bertz CT molecular complexity index is 644. The molecule has 0 unspecified atom stereocenters. The van der Waals surface area contributed by atoms with E-state index in [0.717, 1.165) is 11.3 Å². The number of amides is 1. The second kappa shape index (κ2) is 5.54. The number of nitrogens with one attached hydrogen (secondary N) is 1. The summed E-state index contributed by atoms with van der Waals surface area (Å²) in [4.78, 5) is 16.1. The molecule has 2 aromatic rings. The quantitative estimate of drug-likeness (QED) is 0.869. The number of halogens is 1. The molecular formula is C15H13FN2OS. The molecule has 1 amide bonds. The lowest BCUT2D eigenvalue weighted by Gasteiger charge is -1.96. The molecule has 3 nitrogen and oxygen atoms in total. The standard InChI is InChI=1S/C15H13FN2OS/c16-12-6-1-10(2-7-12)3-8-14(19)18-15-17-13(9-20-15)11-4-5-11/h1-3,6-9,11H,4-5H2,(H,17,18,19)/b8-3+. The van der Waals surface area contributed by atoms with E-state index in [9.17, 15) is 9.18 Å². The van der Waals surface area contributed by atoms with Crippen molar-refractivity contribution in [3.05, 3.63) is 52.8 Å². The van der Waals surface area contributed by atoms with E-state index >= 15 is 0 Å². The number of carbonyl (C=O) groups excluding carboxylic acids is 1. The molecule has 0 radical (unpaired) electrons. The van der Waals surface area contributed by atoms with Crippen LogP contribution < -0.4 is 5.32 Å². The third kappa shape index (κ3) is 3.30. The molecule has 1 heterocycles. The molecule has 20 heavy (non-hydrogen) atoms. The van der Waals surface area contributed by atoms with Gasteiger partial charge in [-0.15, -0.1) is 11.3 Å². The van der Waals surface area contributed by atoms with Crippen LogP contribution in [0.5, 0.6) is 0 Å². The lowest BCUT2D eigenvalue weighted by Crippen LogP contribution is -2.07. The number of hydrogen-bond acceptors (Lipinski definition) is 3. The van der Waals surface area contributed by atoms with Crippen molar-refractivity contribution in [2.24, 2.45) is 0 Å². The van der Waals surface area contributed by atoms with Crippen LogP contribution in [0.2, 0.25) is 0 Å². The van der Waals surface area contributed by atoms with Crippen molar-refractivity contribution in [3.8, 4) is 0 Å². The van der Waals surface area contributed by atoms with Crippen LogP contribution in [0.3, 0.4) is 0 Å². The minimum atomic E-state index is -0.290. The van der Waals surface area contributed by atoms with Crippen LogP contribution in [0.25, 0.3) is 6.08 Å². The van der Waals surface area contributed by atoms with Crippen molar-refractivity contribution in [2.45, 2.75) is 18.8 Å². The molecule has 3 rings (SSSR count). The zero-order valence-corrected chi connectivity index (χ0v) is 11.5. The zero-order valence-electron chi connectivity index (χ0n) is 10.7. The van der Waals surface area contributed by atoms with Gasteiger partial charge in [0.15, 0.2) is 5.13 Å². The van der Waals surface area contributed by atoms with E-state index in [0.29, 0.717) is 11.0 Å². The number of anilines is 1. The second-order valence-electron chi connectivity index (χ2n) is 4.73. The monoisotopic (exact) mass is 288 g/mol. The normalized spacial score (nSPS) is 14.7. The predicted octanol–water partition coefficient (Wildman–Crippen LogP) is 3.81. The first-order valence-corrected chi connectivity index (χ1v) is 7.29. The minimum absolute atomic E-state index is 0.231. The van der Waals surface area contributed by atoms with Crippen LogP contribution in [0.1, 0.15) is 30.0 Å². The van der Waals surface area contributed by atoms with E-state index in [-0.39, 0.29) is 11.7 Å². The highest BCUT2D eigenvalue weighted by atomic mass is 32.1. The highest BCUT2D eigenvalue weighted by molar-refractivity contribution is 7.14. The van der Waals surface area contributed by atoms with Crippen molar-refractivity contribution in [1.29, 1.82) is 0 Å². The fourth-order valence-corrected chi connectivity index (χ4v) is 2.60. The van der Waals surface area contributed by atoms with E-state index in [2.05, 4.69) is 10.3 Å². The average molecular weight is 288 g/mol. The van der Waals surface area contributed by atoms with Gasteiger partial charge in [-0.3, -0.25) is 10.1 Å². The number of nitrogens with zero attached hydrogens (tertiary/aromatic N) is 1. The maximum absolute atomic E-state index is 12.7. The van der Waals surface area contributed by atoms with Gasteiger partial charge >= 0.3 is 0 Å². The summed E-state index contributed by atoms with van der Waals surface area (Å²) in [5, 5.41) is 5.36. The molecule has 0 atom stereocenters. The molecule has 1 aliphatic rings. The smallest absolute Gasteiger partial charge is 0.250 e. The summed E-state index contributed by atoms with van der Waals surface area (Å²) < 4.78 is 12.7. The molecule has 1 aliphatic carbocycles. The largest absolute Gasteiger partial charge is 0.298 e. The zero-order chi connectivity index (χ0) is 13.9. The minimum Gasteiger partial charge on any atom is -0.298 e. The Hall–Kier alpha value is -2.01. The molecule has 1 aromatic heterocycles. The Morgan fingerprint density at radius 2 is 2.10 bits per heavy atom. The number of thiazole rings is 1. The van der Waals surface area contributed by atoms with Crippen LogP contribution >= 0.6 is 11.3 Å². The van der Waals surface area contributed by atoms with Crippen LogP contribution in [0, 0.1) is 5.82 Å². The van der Waals surface area contributed by atoms with Gasteiger partial charge in [-0.25, -0.2) is 9.37 Å². The highest BCUT2D eigenvalue weighted by Gasteiger charge is 2.26. The molecule has 1 aromatic carbocycles. The molecule has 0 saturated heterocycles. The van der Waals surface area contributed by atoms with E-state index in [4.69, 9.17) is 0 Å². The van der Waals surface area contributed by atoms with Crippen molar-refractivity contribution >= 4 is 28.5 Å². The molecule has 1 N–H and O–H groups in total. The highest BCUT2D eigenvalue weighted by Crippen LogP contribution is 2.40. The van der Waals surface area contributed by atoms with Gasteiger partial charge in [0.1, 0.15) is 5.82 Å². The molecule has 1 saturated carbocycles. The third-order valence-electron chi connectivity index (χ3n) is 3.04. The second-order valence-corrected chi connectivity index (χ2v) is 5.58. The Labute approximate surface area is 120 Å². The molecule has 0 aliphatic heterocycles. The van der Waals surface area contributed by atoms with E-state index in [1.807, 2.05) is 5.38 Å². The van der Waals surface area contributed by atoms with Crippen molar-refractivity contribution in [2.75, 3.05) is 5.32 Å². The number of aromatic nitrogens is 1. The third-order valence-corrected chi connectivity index (χ3v) is 3.82. The van der Waals surface area contributed by atoms with Gasteiger partial charge < -0.3 is 0 Å². The average Bonchev–Trinajstić information content (AvgIpc) is 3.19. The summed E-state index contributed by atoms with van der Waals surface area (Å²) in [6.45, 7) is 0. The molecule has 0 bridgehead atoms. The first-order valence-electron chi connectivity index (χ1n) is 6.41. The predicted molar refractivity (Wildman–Crippen MR) is 78.2 cm³/mol. The number of rotatable bonds is 4. The van der Waals surface area contributed by atoms with E-state index in [1.54, 1.807) is 18.2 Å². The fraction of sp³-hybridized carbons (Fsp3) is 0.200. The molecule has 0 spiro atoms. The van der Waals surface area contributed by atoms with E-state index in [1.165, 1.54) is 42.4 Å². The Kier molecular flexibility index (Phi) is 3.60. The Morgan fingerprint density at radius 3 is 2.80 bits per heavy atom. The summed E-state index contributed by atoms with van der Waals surface area (Å²) >= 11 is 1.44. The van der Waals surface area contributed by atoms with Gasteiger partial charge in [-0.1, -0.05) is 12.1 Å². The van der Waals surface area contributed by atoms with Gasteiger partial charge in [-0.2, -0.15) is 0 Å². The summed E-state index contributed by atoms with van der Waals surface area (Å²) in [5.41, 5.74) is 1.85. The topological polar surface area (TPSA) is 42.0 Å². The van der Waals surface area contributed by atoms with Gasteiger partial charge in [0.25, 0.3) is 0 Å². The van der Waals surface area contributed by atoms with Crippen LogP contribution in [-0.2, 0) is 4.79 Å². The first kappa shape index (κ1) is 13.0. The van der Waals surface area contributed by atoms with Crippen molar-refractivity contribution in [3.63, 3.8) is 0 Å². The number of hydrogen-bond donors (Lipinski definition) is 1. The summed E-state index contributed by atoms with van der Waals surface area (Å²) in [5.74, 6) is 0.0691. The van der Waals surface area contributed by atoms with E-state index < -0.39 is 0 Å². The maximum Gasteiger partial charge on any atom is 0.250 e. The molecule has 5 heteroatoms. The number of carbonyl (C=O) groups is 1. The number of benzene rings is 1. The Morgan fingerprint density at radius 1 is 1.35 bits per heavy atom. The maximum atomic E-state index is 12.7. The van der Waals surface area contributed by atoms with Gasteiger partial charge in [-0.05, 0) is 36.6 Å². The SMILES string of the molecule is O=C(/C=C/c1ccc(F)cc1)Nc1nc(C2CC2)cs1. The lowest BCUT2D eigenvalue weighted by molar-refractivity contribution is -0.111. The molecule has 1 fully saturated rings. The van der Waals surface area contributed by atoms with Gasteiger partial charge in [0, 0.05) is 17.4 Å². The van der Waals surface area contributed by atoms with Crippen molar-refractivity contribution in [1.82, 2.24) is 4.98 Å².